The molecule has 0 N–H and O–H groups in total. The van der Waals surface area contributed by atoms with Crippen LogP contribution in [0.4, 0.5) is 5.13 Å². The Morgan fingerprint density at radius 3 is 2.55 bits per heavy atom. The molecule has 0 radical (unpaired) electrons. The third-order valence-corrected chi connectivity index (χ3v) is 6.97. The van der Waals surface area contributed by atoms with Crippen LogP contribution in [0.5, 0.6) is 11.5 Å². The van der Waals surface area contributed by atoms with Crippen molar-refractivity contribution in [1.29, 1.82) is 0 Å². The van der Waals surface area contributed by atoms with Crippen LogP contribution in [0.2, 0.25) is 0 Å². The number of morpholine rings is 1. The molecule has 0 aliphatic carbocycles. The maximum absolute atomic E-state index is 13.7. The van der Waals surface area contributed by atoms with E-state index >= 15 is 0 Å². The number of halogens is 1. The Kier molecular flexibility index (Phi) is 8.53. The van der Waals surface area contributed by atoms with Gasteiger partial charge in [-0.25, -0.2) is 4.98 Å². The molecule has 1 aromatic heterocycles. The van der Waals surface area contributed by atoms with Crippen molar-refractivity contribution in [3.63, 3.8) is 0 Å². The fourth-order valence-corrected chi connectivity index (χ4v) is 4.85. The fourth-order valence-electron chi connectivity index (χ4n) is 3.81. The van der Waals surface area contributed by atoms with Crippen LogP contribution in [-0.4, -0.2) is 69.4 Å². The zero-order chi connectivity index (χ0) is 22.7. The Labute approximate surface area is 204 Å². The van der Waals surface area contributed by atoms with Crippen LogP contribution in [0.3, 0.4) is 0 Å². The highest BCUT2D eigenvalue weighted by Gasteiger charge is 2.24. The van der Waals surface area contributed by atoms with E-state index in [0.29, 0.717) is 28.7 Å². The first-order valence-corrected chi connectivity index (χ1v) is 11.5. The van der Waals surface area contributed by atoms with E-state index in [1.807, 2.05) is 0 Å². The lowest BCUT2D eigenvalue weighted by Crippen LogP contribution is -2.43. The molecule has 0 unspecified atom stereocenters. The predicted octanol–water partition coefficient (Wildman–Crippen LogP) is 4.33. The number of amides is 1. The van der Waals surface area contributed by atoms with Crippen LogP contribution >= 0.6 is 23.7 Å². The number of carbonyl (C=O) groups excluding carboxylic acids is 1. The molecule has 178 valence electrons. The van der Waals surface area contributed by atoms with E-state index in [0.717, 1.165) is 48.6 Å². The van der Waals surface area contributed by atoms with Crippen molar-refractivity contribution in [2.75, 3.05) is 58.5 Å². The molecule has 33 heavy (non-hydrogen) atoms. The van der Waals surface area contributed by atoms with Gasteiger partial charge in [0.1, 0.15) is 0 Å². The van der Waals surface area contributed by atoms with E-state index in [-0.39, 0.29) is 18.3 Å². The molecule has 0 spiro atoms. The van der Waals surface area contributed by atoms with Crippen LogP contribution < -0.4 is 14.4 Å². The Balaban J connectivity index is 0.00000306. The Hall–Kier alpha value is -2.39. The quantitative estimate of drug-likeness (QED) is 0.490. The zero-order valence-corrected chi connectivity index (χ0v) is 21.1. The number of rotatable bonds is 7. The second-order valence-electron chi connectivity index (χ2n) is 7.83. The molecule has 4 rings (SSSR count). The molecule has 1 amide bonds. The first-order valence-electron chi connectivity index (χ1n) is 10.7. The summed E-state index contributed by atoms with van der Waals surface area (Å²) < 4.78 is 17.3. The standard InChI is InChI=1S/C24H29N3O4S.ClH/c1-16-5-8-21-22(17(16)2)25-24(32-21)27(10-9-26-11-13-31-14-12-26)23(28)18-6-7-19(29-3)20(15-18)30-4;/h5-8,15H,9-14H2,1-4H3;1H. The van der Waals surface area contributed by atoms with Crippen LogP contribution in [0.15, 0.2) is 30.3 Å². The second-order valence-corrected chi connectivity index (χ2v) is 8.84. The summed E-state index contributed by atoms with van der Waals surface area (Å²) in [5.41, 5.74) is 3.84. The van der Waals surface area contributed by atoms with Gasteiger partial charge in [0.2, 0.25) is 0 Å². The predicted molar refractivity (Wildman–Crippen MR) is 135 cm³/mol. The number of aryl methyl sites for hydroxylation is 2. The Bertz CT molecular complexity index is 1110. The lowest BCUT2D eigenvalue weighted by molar-refractivity contribution is 0.0391. The summed E-state index contributed by atoms with van der Waals surface area (Å²) in [5.74, 6) is 1.02. The van der Waals surface area contributed by atoms with E-state index < -0.39 is 0 Å². The van der Waals surface area contributed by atoms with Gasteiger partial charge in [0.05, 0.1) is 37.6 Å². The molecule has 7 nitrogen and oxygen atoms in total. The highest BCUT2D eigenvalue weighted by Crippen LogP contribution is 2.34. The summed E-state index contributed by atoms with van der Waals surface area (Å²) in [6.07, 6.45) is 0. The minimum Gasteiger partial charge on any atom is -0.493 e. The van der Waals surface area contributed by atoms with Crippen molar-refractivity contribution >= 4 is 45.0 Å². The first-order chi connectivity index (χ1) is 15.5. The third kappa shape index (κ3) is 5.41. The number of aromatic nitrogens is 1. The molecule has 3 aromatic rings. The molecule has 0 atom stereocenters. The van der Waals surface area contributed by atoms with Crippen LogP contribution in [-0.2, 0) is 4.74 Å². The molecule has 1 aliphatic rings. The van der Waals surface area contributed by atoms with Crippen molar-refractivity contribution in [2.45, 2.75) is 13.8 Å². The number of carbonyl (C=O) groups is 1. The van der Waals surface area contributed by atoms with E-state index in [9.17, 15) is 4.79 Å². The van der Waals surface area contributed by atoms with Crippen LogP contribution in [0.25, 0.3) is 10.2 Å². The number of hydrogen-bond acceptors (Lipinski definition) is 7. The normalized spacial score (nSPS) is 14.1. The van der Waals surface area contributed by atoms with Crippen molar-refractivity contribution in [1.82, 2.24) is 9.88 Å². The molecule has 1 aliphatic heterocycles. The molecule has 2 aromatic carbocycles. The maximum Gasteiger partial charge on any atom is 0.260 e. The molecule has 9 heteroatoms. The van der Waals surface area contributed by atoms with Gasteiger partial charge in [-0.15, -0.1) is 12.4 Å². The fraction of sp³-hybridized carbons (Fsp3) is 0.417. The van der Waals surface area contributed by atoms with E-state index in [2.05, 4.69) is 30.9 Å². The summed E-state index contributed by atoms with van der Waals surface area (Å²) in [6.45, 7) is 8.66. The molecule has 2 heterocycles. The second kappa shape index (κ2) is 11.2. The Morgan fingerprint density at radius 1 is 1.12 bits per heavy atom. The van der Waals surface area contributed by atoms with Gasteiger partial charge in [-0.1, -0.05) is 17.4 Å². The largest absolute Gasteiger partial charge is 0.493 e. The van der Waals surface area contributed by atoms with E-state index in [4.69, 9.17) is 19.2 Å². The minimum absolute atomic E-state index is 0. The van der Waals surface area contributed by atoms with Gasteiger partial charge < -0.3 is 14.2 Å². The summed E-state index contributed by atoms with van der Waals surface area (Å²) in [5, 5.41) is 0.710. The number of nitrogens with zero attached hydrogens (tertiary/aromatic N) is 3. The number of hydrogen-bond donors (Lipinski definition) is 0. The maximum atomic E-state index is 13.7. The van der Waals surface area contributed by atoms with Crippen LogP contribution in [0, 0.1) is 13.8 Å². The van der Waals surface area contributed by atoms with Gasteiger partial charge in [-0.3, -0.25) is 14.6 Å². The zero-order valence-electron chi connectivity index (χ0n) is 19.4. The van der Waals surface area contributed by atoms with E-state index in [1.165, 1.54) is 5.56 Å². The summed E-state index contributed by atoms with van der Waals surface area (Å²) in [6, 6.07) is 9.45. The highest BCUT2D eigenvalue weighted by molar-refractivity contribution is 7.22. The van der Waals surface area contributed by atoms with Crippen molar-refractivity contribution in [3.8, 4) is 11.5 Å². The SMILES string of the molecule is COc1ccc(C(=O)N(CCN2CCOCC2)c2nc3c(C)c(C)ccc3s2)cc1OC.Cl. The molecule has 1 fully saturated rings. The average Bonchev–Trinajstić information content (AvgIpc) is 3.26. The van der Waals surface area contributed by atoms with Gasteiger partial charge in [-0.05, 0) is 49.2 Å². The van der Waals surface area contributed by atoms with Gasteiger partial charge in [-0.2, -0.15) is 0 Å². The van der Waals surface area contributed by atoms with Crippen LogP contribution in [0.1, 0.15) is 21.5 Å². The van der Waals surface area contributed by atoms with Gasteiger partial charge in [0, 0.05) is 31.7 Å². The smallest absolute Gasteiger partial charge is 0.260 e. The number of fused-ring (bicyclic) bond motifs is 1. The number of benzene rings is 2. The summed E-state index contributed by atoms with van der Waals surface area (Å²) in [7, 11) is 3.15. The van der Waals surface area contributed by atoms with Crippen molar-refractivity contribution < 1.29 is 19.0 Å². The number of ether oxygens (including phenoxy) is 3. The first kappa shape index (κ1) is 25.2. The Morgan fingerprint density at radius 2 is 1.85 bits per heavy atom. The van der Waals surface area contributed by atoms with Gasteiger partial charge in [0.25, 0.3) is 5.91 Å². The number of thiazole rings is 1. The lowest BCUT2D eigenvalue weighted by Gasteiger charge is -2.29. The molecule has 1 saturated heterocycles. The average molecular weight is 492 g/mol. The molecule has 0 bridgehead atoms. The monoisotopic (exact) mass is 491 g/mol. The van der Waals surface area contributed by atoms with Gasteiger partial charge >= 0.3 is 0 Å². The van der Waals surface area contributed by atoms with Gasteiger partial charge in [0.15, 0.2) is 16.6 Å². The van der Waals surface area contributed by atoms with Crippen molar-refractivity contribution in [2.24, 2.45) is 0 Å². The summed E-state index contributed by atoms with van der Waals surface area (Å²) in [4.78, 5) is 22.7. The molecule has 0 saturated carbocycles. The molecular formula is C24H30ClN3O4S. The number of anilines is 1. The highest BCUT2D eigenvalue weighted by atomic mass is 35.5. The number of methoxy groups -OCH3 is 2. The topological polar surface area (TPSA) is 64.1 Å². The lowest BCUT2D eigenvalue weighted by atomic mass is 10.1. The minimum atomic E-state index is -0.104. The molecular weight excluding hydrogens is 462 g/mol. The third-order valence-electron chi connectivity index (χ3n) is 5.92. The van der Waals surface area contributed by atoms with E-state index in [1.54, 1.807) is 48.7 Å². The van der Waals surface area contributed by atoms with Crippen molar-refractivity contribution in [3.05, 3.63) is 47.0 Å². The summed E-state index contributed by atoms with van der Waals surface area (Å²) >= 11 is 1.55.